The lowest BCUT2D eigenvalue weighted by Gasteiger charge is -2.10. The molecule has 0 aliphatic rings. The highest BCUT2D eigenvalue weighted by molar-refractivity contribution is 5.62. The van der Waals surface area contributed by atoms with E-state index in [-0.39, 0.29) is 5.82 Å². The Labute approximate surface area is 180 Å². The fourth-order valence-corrected chi connectivity index (χ4v) is 3.33. The van der Waals surface area contributed by atoms with Gasteiger partial charge >= 0.3 is 6.01 Å². The Morgan fingerprint density at radius 3 is 2.52 bits per heavy atom. The molecule has 0 atom stereocenters. The first kappa shape index (κ1) is 20.7. The topological polar surface area (TPSA) is 62.3 Å². The second-order valence-corrected chi connectivity index (χ2v) is 7.08. The summed E-state index contributed by atoms with van der Waals surface area (Å²) in [4.78, 5) is 8.90. The maximum atomic E-state index is 13.4. The first-order valence-electron chi connectivity index (χ1n) is 10.2. The van der Waals surface area contributed by atoms with Crippen molar-refractivity contribution >= 4 is 0 Å². The molecule has 4 rings (SSSR count). The number of hydrogen-bond acceptors (Lipinski definition) is 5. The van der Waals surface area contributed by atoms with Crippen molar-refractivity contribution in [1.82, 2.24) is 14.5 Å². The van der Waals surface area contributed by atoms with Crippen LogP contribution in [0.5, 0.6) is 11.5 Å². The van der Waals surface area contributed by atoms with E-state index in [9.17, 15) is 4.39 Å². The number of para-hydroxylation sites is 2. The molecule has 0 N–H and O–H groups in total. The number of ether oxygens (including phenoxy) is 2. The van der Waals surface area contributed by atoms with E-state index in [0.29, 0.717) is 24.7 Å². The van der Waals surface area contributed by atoms with Crippen LogP contribution in [0.4, 0.5) is 4.39 Å². The van der Waals surface area contributed by atoms with Crippen LogP contribution in [0.25, 0.3) is 17.3 Å². The number of methoxy groups -OCH3 is 1. The molecule has 4 aromatic rings. The largest absolute Gasteiger partial charge is 0.493 e. The average molecular weight is 421 g/mol. The first-order chi connectivity index (χ1) is 15.2. The number of unbranched alkanes of at least 4 members (excludes halogenated alkanes) is 1. The fraction of sp³-hybridized carbons (Fsp3) is 0.250. The molecule has 0 amide bonds. The summed E-state index contributed by atoms with van der Waals surface area (Å²) in [7, 11) is 1.63. The summed E-state index contributed by atoms with van der Waals surface area (Å²) >= 11 is 0. The summed E-state index contributed by atoms with van der Waals surface area (Å²) < 4.78 is 32.4. The first-order valence-corrected chi connectivity index (χ1v) is 10.2. The molecule has 0 saturated carbocycles. The van der Waals surface area contributed by atoms with Crippen molar-refractivity contribution in [3.8, 4) is 28.8 Å². The van der Waals surface area contributed by atoms with Crippen molar-refractivity contribution in [3.05, 3.63) is 78.3 Å². The van der Waals surface area contributed by atoms with E-state index >= 15 is 0 Å². The minimum Gasteiger partial charge on any atom is -0.493 e. The van der Waals surface area contributed by atoms with E-state index in [0.717, 1.165) is 41.5 Å². The lowest BCUT2D eigenvalue weighted by Crippen LogP contribution is -2.00. The highest BCUT2D eigenvalue weighted by Gasteiger charge is 2.17. The van der Waals surface area contributed by atoms with E-state index in [1.165, 1.54) is 12.1 Å². The molecule has 0 spiro atoms. The Morgan fingerprint density at radius 1 is 1.03 bits per heavy atom. The van der Waals surface area contributed by atoms with E-state index in [4.69, 9.17) is 13.9 Å². The molecule has 0 unspecified atom stereocenters. The van der Waals surface area contributed by atoms with Gasteiger partial charge < -0.3 is 13.9 Å². The van der Waals surface area contributed by atoms with Gasteiger partial charge in [-0.05, 0) is 56.2 Å². The molecular weight excluding hydrogens is 397 g/mol. The molecule has 0 saturated heterocycles. The molecule has 0 aliphatic heterocycles. The van der Waals surface area contributed by atoms with Gasteiger partial charge in [0, 0.05) is 24.4 Å². The number of aromatic nitrogens is 3. The molecule has 2 heterocycles. The quantitative estimate of drug-likeness (QED) is 0.339. The third kappa shape index (κ3) is 4.77. The Kier molecular flexibility index (Phi) is 6.31. The Bertz CT molecular complexity index is 1140. The van der Waals surface area contributed by atoms with Crippen LogP contribution in [0.15, 0.2) is 65.3 Å². The number of benzene rings is 2. The zero-order valence-corrected chi connectivity index (χ0v) is 17.5. The highest BCUT2D eigenvalue weighted by atomic mass is 19.1. The van der Waals surface area contributed by atoms with E-state index < -0.39 is 0 Å². The van der Waals surface area contributed by atoms with E-state index in [1.807, 2.05) is 31.2 Å². The Balaban J connectivity index is 1.46. The zero-order chi connectivity index (χ0) is 21.6. The minimum absolute atomic E-state index is 0.284. The van der Waals surface area contributed by atoms with Gasteiger partial charge in [0.2, 0.25) is 0 Å². The van der Waals surface area contributed by atoms with Gasteiger partial charge in [-0.2, -0.15) is 4.98 Å². The van der Waals surface area contributed by atoms with Gasteiger partial charge in [-0.25, -0.2) is 9.37 Å². The number of halogens is 1. The van der Waals surface area contributed by atoms with Crippen LogP contribution in [0.1, 0.15) is 24.4 Å². The SMILES string of the molecule is COc1ccccc1OCCCCc1oc(-n2ccnc2C)nc1-c1ccc(F)cc1. The van der Waals surface area contributed by atoms with Gasteiger partial charge in [0.05, 0.1) is 13.7 Å². The van der Waals surface area contributed by atoms with Gasteiger partial charge in [0.1, 0.15) is 23.1 Å². The lowest BCUT2D eigenvalue weighted by atomic mass is 10.1. The molecule has 7 heteroatoms. The van der Waals surface area contributed by atoms with Crippen LogP contribution in [0, 0.1) is 12.7 Å². The molecule has 0 aliphatic carbocycles. The van der Waals surface area contributed by atoms with Crippen molar-refractivity contribution in [2.45, 2.75) is 26.2 Å². The minimum atomic E-state index is -0.284. The van der Waals surface area contributed by atoms with Crippen molar-refractivity contribution < 1.29 is 18.3 Å². The van der Waals surface area contributed by atoms with Crippen molar-refractivity contribution in [3.63, 3.8) is 0 Å². The second-order valence-electron chi connectivity index (χ2n) is 7.08. The summed E-state index contributed by atoms with van der Waals surface area (Å²) in [6.45, 7) is 2.45. The van der Waals surface area contributed by atoms with Gasteiger partial charge in [-0.3, -0.25) is 4.57 Å². The molecule has 31 heavy (non-hydrogen) atoms. The Hall–Kier alpha value is -3.61. The number of hydrogen-bond donors (Lipinski definition) is 0. The predicted octanol–water partition coefficient (Wildman–Crippen LogP) is 5.39. The van der Waals surface area contributed by atoms with Crippen LogP contribution in [0.2, 0.25) is 0 Å². The molecule has 0 bridgehead atoms. The number of nitrogens with zero attached hydrogens (tertiary/aromatic N) is 3. The van der Waals surface area contributed by atoms with Crippen molar-refractivity contribution in [1.29, 1.82) is 0 Å². The van der Waals surface area contributed by atoms with E-state index in [2.05, 4.69) is 9.97 Å². The molecule has 6 nitrogen and oxygen atoms in total. The summed E-state index contributed by atoms with van der Waals surface area (Å²) in [5.41, 5.74) is 1.53. The second kappa shape index (κ2) is 9.47. The van der Waals surface area contributed by atoms with Crippen molar-refractivity contribution in [2.75, 3.05) is 13.7 Å². The maximum Gasteiger partial charge on any atom is 0.307 e. The lowest BCUT2D eigenvalue weighted by molar-refractivity contribution is 0.285. The number of oxazole rings is 1. The van der Waals surface area contributed by atoms with Crippen LogP contribution in [0.3, 0.4) is 0 Å². The normalized spacial score (nSPS) is 10.9. The molecule has 2 aromatic carbocycles. The van der Waals surface area contributed by atoms with Gasteiger partial charge in [0.15, 0.2) is 11.5 Å². The smallest absolute Gasteiger partial charge is 0.307 e. The van der Waals surface area contributed by atoms with Crippen LogP contribution < -0.4 is 9.47 Å². The summed E-state index contributed by atoms with van der Waals surface area (Å²) in [5.74, 6) is 2.70. The van der Waals surface area contributed by atoms with Crippen LogP contribution >= 0.6 is 0 Å². The molecule has 0 radical (unpaired) electrons. The summed E-state index contributed by atoms with van der Waals surface area (Å²) in [6, 6.07) is 14.3. The average Bonchev–Trinajstić information content (AvgIpc) is 3.40. The highest BCUT2D eigenvalue weighted by Crippen LogP contribution is 2.28. The van der Waals surface area contributed by atoms with Crippen molar-refractivity contribution in [2.24, 2.45) is 0 Å². The maximum absolute atomic E-state index is 13.4. The fourth-order valence-electron chi connectivity index (χ4n) is 3.33. The molecule has 160 valence electrons. The van der Waals surface area contributed by atoms with Crippen LogP contribution in [-0.4, -0.2) is 28.3 Å². The number of aryl methyl sites for hydroxylation is 2. The summed E-state index contributed by atoms with van der Waals surface area (Å²) in [6.07, 6.45) is 5.87. The third-order valence-electron chi connectivity index (χ3n) is 4.96. The monoisotopic (exact) mass is 421 g/mol. The van der Waals surface area contributed by atoms with Crippen LogP contribution in [-0.2, 0) is 6.42 Å². The molecular formula is C24H24FN3O3. The molecule has 2 aromatic heterocycles. The van der Waals surface area contributed by atoms with Gasteiger partial charge in [0.25, 0.3) is 0 Å². The Morgan fingerprint density at radius 2 is 1.81 bits per heavy atom. The number of imidazole rings is 1. The number of rotatable bonds is 9. The third-order valence-corrected chi connectivity index (χ3v) is 4.96. The molecule has 0 fully saturated rings. The van der Waals surface area contributed by atoms with Gasteiger partial charge in [-0.1, -0.05) is 12.1 Å². The zero-order valence-electron chi connectivity index (χ0n) is 17.5. The summed E-state index contributed by atoms with van der Waals surface area (Å²) in [5, 5.41) is 0. The van der Waals surface area contributed by atoms with E-state index in [1.54, 1.807) is 36.2 Å². The van der Waals surface area contributed by atoms with Gasteiger partial charge in [-0.15, -0.1) is 0 Å². The standard InChI is InChI=1S/C24H24FN3O3/c1-17-26-14-15-28(17)24-27-23(18-10-12-19(25)13-11-18)22(31-24)9-5-6-16-30-21-8-4-3-7-20(21)29-2/h3-4,7-8,10-15H,5-6,9,16H2,1-2H3. The predicted molar refractivity (Wildman–Crippen MR) is 115 cm³/mol.